The van der Waals surface area contributed by atoms with Crippen LogP contribution in [-0.2, 0) is 4.79 Å². The van der Waals surface area contributed by atoms with Crippen LogP contribution >= 0.6 is 0 Å². The normalized spacial score (nSPS) is 10.8. The highest BCUT2D eigenvalue weighted by Crippen LogP contribution is 2.11. The molecule has 7 nitrogen and oxygen atoms in total. The average molecular weight is 330 g/mol. The molecule has 1 aromatic heterocycles. The maximum atomic E-state index is 12.6. The monoisotopic (exact) mass is 330 g/mol. The summed E-state index contributed by atoms with van der Waals surface area (Å²) in [7, 11) is 0. The van der Waals surface area contributed by atoms with Gasteiger partial charge in [0.25, 0.3) is 5.91 Å². The molecule has 0 atom stereocenters. The van der Waals surface area contributed by atoms with E-state index in [1.807, 2.05) is 45.0 Å². The minimum Gasteiger partial charge on any atom is -0.481 e. The SMILES string of the molecule is Cc1cccc(-n2cc(C(=O)N(CCC(=O)O)CC(C)C)nn2)c1. The molecule has 0 saturated carbocycles. The number of aromatic nitrogens is 3. The van der Waals surface area contributed by atoms with Gasteiger partial charge >= 0.3 is 5.97 Å². The van der Waals surface area contributed by atoms with E-state index >= 15 is 0 Å². The molecule has 0 saturated heterocycles. The molecule has 1 aromatic carbocycles. The van der Waals surface area contributed by atoms with Crippen LogP contribution in [0.15, 0.2) is 30.5 Å². The van der Waals surface area contributed by atoms with Crippen molar-refractivity contribution >= 4 is 11.9 Å². The van der Waals surface area contributed by atoms with Crippen molar-refractivity contribution < 1.29 is 14.7 Å². The standard InChI is InChI=1S/C17H22N4O3/c1-12(2)10-20(8-7-16(22)23)17(24)15-11-21(19-18-15)14-6-4-5-13(3)9-14/h4-6,9,11-12H,7-8,10H2,1-3H3,(H,22,23). The van der Waals surface area contributed by atoms with Gasteiger partial charge < -0.3 is 10.0 Å². The Kier molecular flexibility index (Phi) is 5.68. The second-order valence-corrected chi connectivity index (χ2v) is 6.18. The molecule has 0 aliphatic rings. The number of hydrogen-bond acceptors (Lipinski definition) is 4. The fourth-order valence-electron chi connectivity index (χ4n) is 2.37. The number of hydrogen-bond donors (Lipinski definition) is 1. The van der Waals surface area contributed by atoms with Crippen molar-refractivity contribution in [2.24, 2.45) is 5.92 Å². The van der Waals surface area contributed by atoms with Crippen molar-refractivity contribution in [2.75, 3.05) is 13.1 Å². The molecule has 1 heterocycles. The molecule has 0 unspecified atom stereocenters. The highest BCUT2D eigenvalue weighted by molar-refractivity contribution is 5.92. The second-order valence-electron chi connectivity index (χ2n) is 6.18. The van der Waals surface area contributed by atoms with Gasteiger partial charge in [-0.2, -0.15) is 0 Å². The predicted octanol–water partition coefficient (Wildman–Crippen LogP) is 2.15. The van der Waals surface area contributed by atoms with E-state index in [2.05, 4.69) is 10.3 Å². The number of benzene rings is 1. The van der Waals surface area contributed by atoms with E-state index in [0.29, 0.717) is 6.54 Å². The maximum Gasteiger partial charge on any atom is 0.305 e. The number of aliphatic carboxylic acids is 1. The minimum atomic E-state index is -0.931. The molecule has 7 heteroatoms. The highest BCUT2D eigenvalue weighted by atomic mass is 16.4. The number of amides is 1. The van der Waals surface area contributed by atoms with Gasteiger partial charge in [0.15, 0.2) is 5.69 Å². The van der Waals surface area contributed by atoms with Gasteiger partial charge in [0.05, 0.1) is 18.3 Å². The number of carbonyl (C=O) groups excluding carboxylic acids is 1. The van der Waals surface area contributed by atoms with Crippen molar-refractivity contribution in [1.82, 2.24) is 19.9 Å². The molecule has 128 valence electrons. The van der Waals surface area contributed by atoms with Crippen LogP contribution in [0.1, 0.15) is 36.3 Å². The minimum absolute atomic E-state index is 0.0928. The lowest BCUT2D eigenvalue weighted by atomic mass is 10.2. The molecule has 24 heavy (non-hydrogen) atoms. The lowest BCUT2D eigenvalue weighted by Gasteiger charge is -2.22. The highest BCUT2D eigenvalue weighted by Gasteiger charge is 2.21. The first-order valence-electron chi connectivity index (χ1n) is 7.87. The number of carboxylic acids is 1. The van der Waals surface area contributed by atoms with Gasteiger partial charge in [0.2, 0.25) is 0 Å². The summed E-state index contributed by atoms with van der Waals surface area (Å²) < 4.78 is 1.55. The van der Waals surface area contributed by atoms with Gasteiger partial charge in [-0.1, -0.05) is 31.2 Å². The van der Waals surface area contributed by atoms with Gasteiger partial charge in [0, 0.05) is 13.1 Å². The summed E-state index contributed by atoms with van der Waals surface area (Å²) in [4.78, 5) is 24.9. The van der Waals surface area contributed by atoms with Gasteiger partial charge in [-0.25, -0.2) is 4.68 Å². The molecular weight excluding hydrogens is 308 g/mol. The lowest BCUT2D eigenvalue weighted by molar-refractivity contribution is -0.137. The zero-order valence-corrected chi connectivity index (χ0v) is 14.1. The van der Waals surface area contributed by atoms with Crippen LogP contribution < -0.4 is 0 Å². The first kappa shape index (κ1) is 17.7. The van der Waals surface area contributed by atoms with Crippen molar-refractivity contribution in [3.8, 4) is 5.69 Å². The van der Waals surface area contributed by atoms with Gasteiger partial charge in [0.1, 0.15) is 0 Å². The fourth-order valence-corrected chi connectivity index (χ4v) is 2.37. The third kappa shape index (κ3) is 4.65. The van der Waals surface area contributed by atoms with Crippen LogP contribution in [-0.4, -0.2) is 50.0 Å². The zero-order valence-electron chi connectivity index (χ0n) is 14.1. The van der Waals surface area contributed by atoms with Crippen molar-refractivity contribution in [2.45, 2.75) is 27.2 Å². The first-order chi connectivity index (χ1) is 11.4. The van der Waals surface area contributed by atoms with Gasteiger partial charge in [-0.15, -0.1) is 5.10 Å². The second kappa shape index (κ2) is 7.72. The Morgan fingerprint density at radius 2 is 2.08 bits per heavy atom. The Morgan fingerprint density at radius 3 is 2.71 bits per heavy atom. The molecule has 0 spiro atoms. The van der Waals surface area contributed by atoms with Crippen LogP contribution in [0.4, 0.5) is 0 Å². The lowest BCUT2D eigenvalue weighted by Crippen LogP contribution is -2.36. The van der Waals surface area contributed by atoms with Crippen molar-refractivity contribution in [3.63, 3.8) is 0 Å². The van der Waals surface area contributed by atoms with Crippen LogP contribution in [0.5, 0.6) is 0 Å². The average Bonchev–Trinajstić information content (AvgIpc) is 3.00. The molecule has 0 bridgehead atoms. The molecule has 0 radical (unpaired) electrons. The molecule has 0 fully saturated rings. The summed E-state index contributed by atoms with van der Waals surface area (Å²) in [6, 6.07) is 7.71. The third-order valence-electron chi connectivity index (χ3n) is 3.45. The van der Waals surface area contributed by atoms with E-state index in [4.69, 9.17) is 5.11 Å². The quantitative estimate of drug-likeness (QED) is 0.840. The smallest absolute Gasteiger partial charge is 0.305 e. The number of carboxylic acid groups (broad SMARTS) is 1. The van der Waals surface area contributed by atoms with Crippen LogP contribution in [0.3, 0.4) is 0 Å². The van der Waals surface area contributed by atoms with E-state index in [0.717, 1.165) is 11.3 Å². The van der Waals surface area contributed by atoms with Crippen LogP contribution in [0, 0.1) is 12.8 Å². The largest absolute Gasteiger partial charge is 0.481 e. The molecule has 1 N–H and O–H groups in total. The summed E-state index contributed by atoms with van der Waals surface area (Å²) in [5, 5.41) is 16.8. The molecule has 2 rings (SSSR count). The van der Waals surface area contributed by atoms with E-state index in [1.54, 1.807) is 10.9 Å². The Balaban J connectivity index is 2.19. The summed E-state index contributed by atoms with van der Waals surface area (Å²) in [5.74, 6) is -1.00. The molecule has 0 aliphatic carbocycles. The van der Waals surface area contributed by atoms with E-state index in [-0.39, 0.29) is 30.5 Å². The van der Waals surface area contributed by atoms with E-state index in [1.165, 1.54) is 4.90 Å². The Labute approximate surface area is 140 Å². The van der Waals surface area contributed by atoms with Crippen LogP contribution in [0.2, 0.25) is 0 Å². The summed E-state index contributed by atoms with van der Waals surface area (Å²) in [6.07, 6.45) is 1.48. The third-order valence-corrected chi connectivity index (χ3v) is 3.45. The first-order valence-corrected chi connectivity index (χ1v) is 7.87. The number of nitrogens with zero attached hydrogens (tertiary/aromatic N) is 4. The number of aryl methyl sites for hydroxylation is 1. The Morgan fingerprint density at radius 1 is 1.33 bits per heavy atom. The van der Waals surface area contributed by atoms with Crippen molar-refractivity contribution in [1.29, 1.82) is 0 Å². The molecule has 2 aromatic rings. The Bertz CT molecular complexity index is 724. The Hall–Kier alpha value is -2.70. The summed E-state index contributed by atoms with van der Waals surface area (Å²) in [5.41, 5.74) is 2.11. The topological polar surface area (TPSA) is 88.3 Å². The maximum absolute atomic E-state index is 12.6. The van der Waals surface area contributed by atoms with E-state index < -0.39 is 5.97 Å². The summed E-state index contributed by atoms with van der Waals surface area (Å²) in [6.45, 7) is 6.56. The summed E-state index contributed by atoms with van der Waals surface area (Å²) >= 11 is 0. The molecule has 0 aliphatic heterocycles. The number of rotatable bonds is 7. The van der Waals surface area contributed by atoms with E-state index in [9.17, 15) is 9.59 Å². The number of carbonyl (C=O) groups is 2. The van der Waals surface area contributed by atoms with Crippen LogP contribution in [0.25, 0.3) is 5.69 Å². The zero-order chi connectivity index (χ0) is 17.7. The predicted molar refractivity (Wildman–Crippen MR) is 89.1 cm³/mol. The molecule has 1 amide bonds. The van der Waals surface area contributed by atoms with Gasteiger partial charge in [-0.05, 0) is 30.5 Å². The van der Waals surface area contributed by atoms with Crippen molar-refractivity contribution in [3.05, 3.63) is 41.7 Å². The fraction of sp³-hybridized carbons (Fsp3) is 0.412. The van der Waals surface area contributed by atoms with Gasteiger partial charge in [-0.3, -0.25) is 9.59 Å². The molecular formula is C17H22N4O3.